The van der Waals surface area contributed by atoms with Gasteiger partial charge in [-0.15, -0.1) is 0 Å². The van der Waals surface area contributed by atoms with Crippen molar-refractivity contribution >= 4 is 5.82 Å². The van der Waals surface area contributed by atoms with Gasteiger partial charge >= 0.3 is 0 Å². The van der Waals surface area contributed by atoms with Gasteiger partial charge in [0.05, 0.1) is 5.69 Å². The monoisotopic (exact) mass is 262 g/mol. The Morgan fingerprint density at radius 3 is 2.68 bits per heavy atom. The standard InChI is InChI=1S/C15H26N4/c1-11-17-13-6-8-16-10-12(13)14(18-11)19(5)9-7-15(2,3)4/h16H,6-10H2,1-5H3. The normalized spacial score (nSPS) is 15.2. The number of hydrogen-bond acceptors (Lipinski definition) is 4. The molecule has 0 saturated carbocycles. The van der Waals surface area contributed by atoms with Crippen LogP contribution in [0.4, 0.5) is 5.82 Å². The zero-order valence-electron chi connectivity index (χ0n) is 12.9. The molecule has 0 aliphatic carbocycles. The summed E-state index contributed by atoms with van der Waals surface area (Å²) in [7, 11) is 2.14. The van der Waals surface area contributed by atoms with Crippen LogP contribution in [0.1, 0.15) is 44.3 Å². The minimum atomic E-state index is 0.356. The molecule has 0 aromatic carbocycles. The van der Waals surface area contributed by atoms with Gasteiger partial charge in [-0.3, -0.25) is 0 Å². The minimum absolute atomic E-state index is 0.356. The van der Waals surface area contributed by atoms with Gasteiger partial charge < -0.3 is 10.2 Å². The highest BCUT2D eigenvalue weighted by molar-refractivity contribution is 5.49. The predicted octanol–water partition coefficient (Wildman–Crippen LogP) is 2.30. The first kappa shape index (κ1) is 14.3. The molecule has 1 aromatic rings. The summed E-state index contributed by atoms with van der Waals surface area (Å²) in [5, 5.41) is 3.42. The number of nitrogens with zero attached hydrogens (tertiary/aromatic N) is 3. The molecule has 19 heavy (non-hydrogen) atoms. The summed E-state index contributed by atoms with van der Waals surface area (Å²) in [5.41, 5.74) is 2.87. The second-order valence-corrected chi connectivity index (χ2v) is 6.68. The Bertz CT molecular complexity index is 448. The van der Waals surface area contributed by atoms with E-state index in [-0.39, 0.29) is 0 Å². The Hall–Kier alpha value is -1.16. The van der Waals surface area contributed by atoms with Crippen molar-refractivity contribution in [3.8, 4) is 0 Å². The molecule has 0 bridgehead atoms. The first-order valence-electron chi connectivity index (χ1n) is 7.15. The van der Waals surface area contributed by atoms with Crippen molar-refractivity contribution in [1.29, 1.82) is 0 Å². The van der Waals surface area contributed by atoms with E-state index in [1.165, 1.54) is 11.3 Å². The lowest BCUT2D eigenvalue weighted by molar-refractivity contribution is 0.381. The highest BCUT2D eigenvalue weighted by atomic mass is 15.2. The lowest BCUT2D eigenvalue weighted by Crippen LogP contribution is -2.31. The molecule has 2 heterocycles. The van der Waals surface area contributed by atoms with Gasteiger partial charge in [0.25, 0.3) is 0 Å². The summed E-state index contributed by atoms with van der Waals surface area (Å²) < 4.78 is 0. The fraction of sp³-hybridized carbons (Fsp3) is 0.733. The SMILES string of the molecule is Cc1nc2c(c(N(C)CCC(C)(C)C)n1)CNCC2. The maximum Gasteiger partial charge on any atom is 0.136 e. The van der Waals surface area contributed by atoms with Crippen molar-refractivity contribution in [2.45, 2.75) is 47.1 Å². The van der Waals surface area contributed by atoms with Gasteiger partial charge in [-0.25, -0.2) is 9.97 Å². The summed E-state index contributed by atoms with van der Waals surface area (Å²) in [6, 6.07) is 0. The van der Waals surface area contributed by atoms with E-state index in [4.69, 9.17) is 0 Å². The number of aromatic nitrogens is 2. The molecule has 0 saturated heterocycles. The molecule has 0 unspecified atom stereocenters. The Balaban J connectivity index is 2.21. The van der Waals surface area contributed by atoms with Gasteiger partial charge in [0, 0.05) is 38.7 Å². The Kier molecular flexibility index (Phi) is 4.09. The molecular formula is C15H26N4. The van der Waals surface area contributed by atoms with Crippen LogP contribution in [0, 0.1) is 12.3 Å². The maximum atomic E-state index is 4.66. The highest BCUT2D eigenvalue weighted by Gasteiger charge is 2.20. The Morgan fingerprint density at radius 2 is 2.00 bits per heavy atom. The number of hydrogen-bond donors (Lipinski definition) is 1. The number of fused-ring (bicyclic) bond motifs is 1. The highest BCUT2D eigenvalue weighted by Crippen LogP contribution is 2.25. The average molecular weight is 262 g/mol. The van der Waals surface area contributed by atoms with Crippen molar-refractivity contribution in [2.75, 3.05) is 25.0 Å². The van der Waals surface area contributed by atoms with E-state index in [0.717, 1.165) is 44.1 Å². The second-order valence-electron chi connectivity index (χ2n) is 6.68. The van der Waals surface area contributed by atoms with E-state index in [2.05, 4.69) is 48.0 Å². The van der Waals surface area contributed by atoms with Crippen LogP contribution in [0.25, 0.3) is 0 Å². The molecule has 4 nitrogen and oxygen atoms in total. The average Bonchev–Trinajstić information content (AvgIpc) is 2.34. The van der Waals surface area contributed by atoms with Gasteiger partial charge in [-0.1, -0.05) is 20.8 Å². The van der Waals surface area contributed by atoms with Crippen molar-refractivity contribution in [3.63, 3.8) is 0 Å². The van der Waals surface area contributed by atoms with Crippen LogP contribution in [0.15, 0.2) is 0 Å². The number of aryl methyl sites for hydroxylation is 1. The first-order chi connectivity index (χ1) is 8.87. The molecule has 0 fully saturated rings. The van der Waals surface area contributed by atoms with Crippen molar-refractivity contribution < 1.29 is 0 Å². The number of anilines is 1. The summed E-state index contributed by atoms with van der Waals surface area (Å²) in [6.45, 7) is 11.8. The zero-order chi connectivity index (χ0) is 14.0. The lowest BCUT2D eigenvalue weighted by Gasteiger charge is -2.28. The van der Waals surface area contributed by atoms with E-state index in [9.17, 15) is 0 Å². The molecule has 0 atom stereocenters. The van der Waals surface area contributed by atoms with E-state index in [1.807, 2.05) is 6.92 Å². The molecular weight excluding hydrogens is 236 g/mol. The van der Waals surface area contributed by atoms with Crippen LogP contribution in [0.3, 0.4) is 0 Å². The van der Waals surface area contributed by atoms with Crippen LogP contribution in [0.5, 0.6) is 0 Å². The predicted molar refractivity (Wildman–Crippen MR) is 79.5 cm³/mol. The Morgan fingerprint density at radius 1 is 1.26 bits per heavy atom. The summed E-state index contributed by atoms with van der Waals surface area (Å²) in [6.07, 6.45) is 2.17. The van der Waals surface area contributed by atoms with Crippen molar-refractivity contribution in [3.05, 3.63) is 17.1 Å². The maximum absolute atomic E-state index is 4.66. The fourth-order valence-corrected chi connectivity index (χ4v) is 2.37. The third-order valence-electron chi connectivity index (χ3n) is 3.58. The summed E-state index contributed by atoms with van der Waals surface area (Å²) in [5.74, 6) is 2.00. The molecule has 0 radical (unpaired) electrons. The zero-order valence-corrected chi connectivity index (χ0v) is 12.9. The van der Waals surface area contributed by atoms with Crippen LogP contribution in [-0.4, -0.2) is 30.1 Å². The summed E-state index contributed by atoms with van der Waals surface area (Å²) in [4.78, 5) is 11.5. The molecule has 1 N–H and O–H groups in total. The second kappa shape index (κ2) is 5.45. The van der Waals surface area contributed by atoms with Gasteiger partial charge in [-0.2, -0.15) is 0 Å². The molecule has 2 rings (SSSR count). The lowest BCUT2D eigenvalue weighted by atomic mass is 9.92. The molecule has 4 heteroatoms. The molecule has 1 aromatic heterocycles. The fourth-order valence-electron chi connectivity index (χ4n) is 2.37. The van der Waals surface area contributed by atoms with Crippen molar-refractivity contribution in [2.24, 2.45) is 5.41 Å². The van der Waals surface area contributed by atoms with E-state index in [1.54, 1.807) is 0 Å². The molecule has 1 aliphatic heterocycles. The first-order valence-corrected chi connectivity index (χ1v) is 7.15. The number of nitrogens with one attached hydrogen (secondary N) is 1. The largest absolute Gasteiger partial charge is 0.359 e. The van der Waals surface area contributed by atoms with Gasteiger partial charge in [0.2, 0.25) is 0 Å². The molecule has 1 aliphatic rings. The molecule has 0 spiro atoms. The third-order valence-corrected chi connectivity index (χ3v) is 3.58. The molecule has 0 amide bonds. The quantitative estimate of drug-likeness (QED) is 0.907. The topological polar surface area (TPSA) is 41.1 Å². The van der Waals surface area contributed by atoms with Gasteiger partial charge in [0.1, 0.15) is 11.6 Å². The van der Waals surface area contributed by atoms with Gasteiger partial charge in [-0.05, 0) is 18.8 Å². The third kappa shape index (κ3) is 3.66. The van der Waals surface area contributed by atoms with E-state index < -0.39 is 0 Å². The minimum Gasteiger partial charge on any atom is -0.359 e. The van der Waals surface area contributed by atoms with Crippen LogP contribution in [-0.2, 0) is 13.0 Å². The number of rotatable bonds is 3. The Labute approximate surface area is 116 Å². The smallest absolute Gasteiger partial charge is 0.136 e. The van der Waals surface area contributed by atoms with E-state index >= 15 is 0 Å². The van der Waals surface area contributed by atoms with E-state index in [0.29, 0.717) is 5.41 Å². The van der Waals surface area contributed by atoms with Crippen LogP contribution >= 0.6 is 0 Å². The van der Waals surface area contributed by atoms with Crippen molar-refractivity contribution in [1.82, 2.24) is 15.3 Å². The van der Waals surface area contributed by atoms with Crippen LogP contribution in [0.2, 0.25) is 0 Å². The van der Waals surface area contributed by atoms with Crippen LogP contribution < -0.4 is 10.2 Å². The molecule has 106 valence electrons. The van der Waals surface area contributed by atoms with Gasteiger partial charge in [0.15, 0.2) is 0 Å². The summed E-state index contributed by atoms with van der Waals surface area (Å²) >= 11 is 0.